The van der Waals surface area contributed by atoms with Gasteiger partial charge in [0.25, 0.3) is 0 Å². The summed E-state index contributed by atoms with van der Waals surface area (Å²) in [6.45, 7) is 0. The molecule has 0 N–H and O–H groups in total. The van der Waals surface area contributed by atoms with E-state index >= 15 is 0 Å². The zero-order chi connectivity index (χ0) is 10.2. The molecule has 0 amide bonds. The predicted molar refractivity (Wildman–Crippen MR) is 62.9 cm³/mol. The van der Waals surface area contributed by atoms with Gasteiger partial charge in [-0.1, -0.05) is 27.8 Å². The number of methoxy groups -OCH3 is 1. The van der Waals surface area contributed by atoms with Crippen LogP contribution in [-0.2, 0) is 0 Å². The lowest BCUT2D eigenvalue weighted by Crippen LogP contribution is -1.81. The van der Waals surface area contributed by atoms with Crippen LogP contribution in [-0.4, -0.2) is 12.4 Å². The largest absolute Gasteiger partial charge is 0.497 e. The molecule has 0 aliphatic rings. The van der Waals surface area contributed by atoms with Crippen molar-refractivity contribution in [3.8, 4) is 17.6 Å². The van der Waals surface area contributed by atoms with Crippen molar-refractivity contribution in [3.05, 3.63) is 29.8 Å². The molecule has 0 aliphatic carbocycles. The summed E-state index contributed by atoms with van der Waals surface area (Å²) in [5, 5.41) is 1.02. The van der Waals surface area contributed by atoms with Crippen LogP contribution in [0.2, 0.25) is 0 Å². The van der Waals surface area contributed by atoms with Crippen molar-refractivity contribution in [1.82, 2.24) is 0 Å². The van der Waals surface area contributed by atoms with Crippen LogP contribution in [0.5, 0.6) is 5.75 Å². The van der Waals surface area contributed by atoms with Crippen molar-refractivity contribution in [1.29, 1.82) is 0 Å². The van der Waals surface area contributed by atoms with Crippen molar-refractivity contribution >= 4 is 15.9 Å². The number of rotatable bonds is 3. The summed E-state index contributed by atoms with van der Waals surface area (Å²) >= 11 is 3.37. The lowest BCUT2D eigenvalue weighted by Gasteiger charge is -1.97. The molecule has 0 saturated heterocycles. The molecule has 0 radical (unpaired) electrons. The first kappa shape index (κ1) is 11.1. The van der Waals surface area contributed by atoms with Gasteiger partial charge in [-0.2, -0.15) is 0 Å². The van der Waals surface area contributed by atoms with E-state index < -0.39 is 0 Å². The second kappa shape index (κ2) is 6.50. The van der Waals surface area contributed by atoms with E-state index in [0.717, 1.165) is 29.5 Å². The number of benzene rings is 1. The van der Waals surface area contributed by atoms with E-state index in [1.165, 1.54) is 0 Å². The summed E-state index contributed by atoms with van der Waals surface area (Å²) in [5.41, 5.74) is 1.04. The van der Waals surface area contributed by atoms with Crippen molar-refractivity contribution in [3.63, 3.8) is 0 Å². The summed E-state index contributed by atoms with van der Waals surface area (Å²) in [7, 11) is 1.66. The Balaban J connectivity index is 2.53. The quantitative estimate of drug-likeness (QED) is 0.456. The molecule has 0 spiro atoms. The number of ether oxygens (including phenoxy) is 1. The zero-order valence-electron chi connectivity index (χ0n) is 8.22. The SMILES string of the molecule is COc1ccc(C#CCCCBr)cc1. The maximum absolute atomic E-state index is 5.06. The minimum absolute atomic E-state index is 0.871. The van der Waals surface area contributed by atoms with Crippen molar-refractivity contribution in [2.75, 3.05) is 12.4 Å². The van der Waals surface area contributed by atoms with Crippen LogP contribution in [0.1, 0.15) is 18.4 Å². The first-order valence-corrected chi connectivity index (χ1v) is 5.68. The molecule has 14 heavy (non-hydrogen) atoms. The van der Waals surface area contributed by atoms with Gasteiger partial charge in [-0.05, 0) is 30.7 Å². The molecule has 0 bridgehead atoms. The summed E-state index contributed by atoms with van der Waals surface area (Å²) in [5.74, 6) is 7.09. The third-order valence-electron chi connectivity index (χ3n) is 1.76. The Bertz CT molecular complexity index is 318. The maximum Gasteiger partial charge on any atom is 0.118 e. The third kappa shape index (κ3) is 3.85. The highest BCUT2D eigenvalue weighted by Gasteiger charge is 1.89. The second-order valence-corrected chi connectivity index (χ2v) is 3.62. The molecule has 0 atom stereocenters. The standard InChI is InChI=1S/C12H13BrO/c1-14-12-8-6-11(7-9-12)5-3-2-4-10-13/h6-9H,2,4,10H2,1H3. The molecule has 2 heteroatoms. The van der Waals surface area contributed by atoms with Crippen LogP contribution in [0, 0.1) is 11.8 Å². The molecule has 0 aliphatic heterocycles. The smallest absolute Gasteiger partial charge is 0.118 e. The highest BCUT2D eigenvalue weighted by molar-refractivity contribution is 9.09. The van der Waals surface area contributed by atoms with E-state index in [1.807, 2.05) is 24.3 Å². The van der Waals surface area contributed by atoms with Crippen molar-refractivity contribution < 1.29 is 4.74 Å². The average Bonchev–Trinajstić information content (AvgIpc) is 2.25. The van der Waals surface area contributed by atoms with Crippen LogP contribution >= 0.6 is 15.9 Å². The Labute approximate surface area is 93.6 Å². The fourth-order valence-electron chi connectivity index (χ4n) is 0.994. The minimum Gasteiger partial charge on any atom is -0.497 e. The Morgan fingerprint density at radius 2 is 2.00 bits per heavy atom. The highest BCUT2D eigenvalue weighted by Crippen LogP contribution is 2.10. The van der Waals surface area contributed by atoms with Crippen LogP contribution in [0.25, 0.3) is 0 Å². The Morgan fingerprint density at radius 3 is 2.57 bits per heavy atom. The molecule has 0 aromatic heterocycles. The molecule has 1 aromatic carbocycles. The van der Waals surface area contributed by atoms with Crippen LogP contribution in [0.3, 0.4) is 0 Å². The summed E-state index contributed by atoms with van der Waals surface area (Å²) in [6, 6.07) is 7.79. The van der Waals surface area contributed by atoms with Crippen LogP contribution < -0.4 is 4.74 Å². The number of halogens is 1. The van der Waals surface area contributed by atoms with Crippen molar-refractivity contribution in [2.45, 2.75) is 12.8 Å². The molecular weight excluding hydrogens is 240 g/mol. The number of hydrogen-bond acceptors (Lipinski definition) is 1. The molecular formula is C12H13BrO. The first-order chi connectivity index (χ1) is 6.86. The molecule has 1 aromatic rings. The molecule has 0 unspecified atom stereocenters. The van der Waals surface area contributed by atoms with Gasteiger partial charge >= 0.3 is 0 Å². The first-order valence-electron chi connectivity index (χ1n) is 4.55. The lowest BCUT2D eigenvalue weighted by molar-refractivity contribution is 0.415. The van der Waals surface area contributed by atoms with Gasteiger partial charge in [-0.25, -0.2) is 0 Å². The minimum atomic E-state index is 0.871. The Morgan fingerprint density at radius 1 is 1.29 bits per heavy atom. The predicted octanol–water partition coefficient (Wildman–Crippen LogP) is 3.22. The normalized spacial score (nSPS) is 9.00. The van der Waals surface area contributed by atoms with Gasteiger partial charge in [0.1, 0.15) is 5.75 Å². The molecule has 1 rings (SSSR count). The topological polar surface area (TPSA) is 9.23 Å². The van der Waals surface area contributed by atoms with Crippen LogP contribution in [0.15, 0.2) is 24.3 Å². The van der Waals surface area contributed by atoms with Gasteiger partial charge < -0.3 is 4.74 Å². The molecule has 74 valence electrons. The molecule has 1 nitrogen and oxygen atoms in total. The summed E-state index contributed by atoms with van der Waals surface area (Å²) in [4.78, 5) is 0. The van der Waals surface area contributed by atoms with E-state index in [-0.39, 0.29) is 0 Å². The highest BCUT2D eigenvalue weighted by atomic mass is 79.9. The molecule has 0 fully saturated rings. The van der Waals surface area contributed by atoms with Gasteiger partial charge in [0.15, 0.2) is 0 Å². The second-order valence-electron chi connectivity index (χ2n) is 2.82. The lowest BCUT2D eigenvalue weighted by atomic mass is 10.2. The fourth-order valence-corrected chi connectivity index (χ4v) is 1.27. The van der Waals surface area contributed by atoms with Gasteiger partial charge in [-0.15, -0.1) is 0 Å². The van der Waals surface area contributed by atoms with E-state index in [9.17, 15) is 0 Å². The van der Waals surface area contributed by atoms with E-state index in [4.69, 9.17) is 4.74 Å². The molecule has 0 heterocycles. The zero-order valence-corrected chi connectivity index (χ0v) is 9.80. The number of hydrogen-bond donors (Lipinski definition) is 0. The van der Waals surface area contributed by atoms with E-state index in [0.29, 0.717) is 0 Å². The van der Waals surface area contributed by atoms with Crippen LogP contribution in [0.4, 0.5) is 0 Å². The van der Waals surface area contributed by atoms with Gasteiger partial charge in [0.2, 0.25) is 0 Å². The fraction of sp³-hybridized carbons (Fsp3) is 0.333. The average molecular weight is 253 g/mol. The monoisotopic (exact) mass is 252 g/mol. The Kier molecular flexibility index (Phi) is 5.17. The van der Waals surface area contributed by atoms with Gasteiger partial charge in [-0.3, -0.25) is 0 Å². The van der Waals surface area contributed by atoms with E-state index in [2.05, 4.69) is 27.8 Å². The number of alkyl halides is 1. The third-order valence-corrected chi connectivity index (χ3v) is 2.32. The summed E-state index contributed by atoms with van der Waals surface area (Å²) < 4.78 is 5.06. The van der Waals surface area contributed by atoms with Crippen molar-refractivity contribution in [2.24, 2.45) is 0 Å². The maximum atomic E-state index is 5.06. The number of unbranched alkanes of at least 4 members (excludes halogenated alkanes) is 1. The Hall–Kier alpha value is -0.940. The summed E-state index contributed by atoms with van der Waals surface area (Å²) in [6.07, 6.45) is 2.04. The van der Waals surface area contributed by atoms with Gasteiger partial charge in [0.05, 0.1) is 7.11 Å². The molecule has 0 saturated carbocycles. The van der Waals surface area contributed by atoms with Gasteiger partial charge in [0, 0.05) is 17.3 Å². The van der Waals surface area contributed by atoms with E-state index in [1.54, 1.807) is 7.11 Å².